The molecule has 0 bridgehead atoms. The minimum atomic E-state index is 0.328. The number of hydrogen-bond acceptors (Lipinski definition) is 6. The maximum absolute atomic E-state index is 4.87. The lowest BCUT2D eigenvalue weighted by Crippen LogP contribution is -2.08. The molecule has 8 heteroatoms. The van der Waals surface area contributed by atoms with Gasteiger partial charge in [-0.3, -0.25) is 0 Å². The van der Waals surface area contributed by atoms with Gasteiger partial charge in [0.25, 0.3) is 0 Å². The third-order valence-electron chi connectivity index (χ3n) is 5.37. The zero-order chi connectivity index (χ0) is 19.4. The summed E-state index contributed by atoms with van der Waals surface area (Å²) in [6.07, 6.45) is 1.03. The van der Waals surface area contributed by atoms with Crippen molar-refractivity contribution in [3.63, 3.8) is 0 Å². The summed E-state index contributed by atoms with van der Waals surface area (Å²) in [4.78, 5) is 18.5. The van der Waals surface area contributed by atoms with E-state index >= 15 is 0 Å². The average Bonchev–Trinajstić information content (AvgIpc) is 3.33. The third kappa shape index (κ3) is 2.64. The van der Waals surface area contributed by atoms with Gasteiger partial charge in [-0.25, -0.2) is 15.0 Å². The van der Waals surface area contributed by atoms with Gasteiger partial charge in [-0.05, 0) is 32.4 Å². The molecule has 0 unspecified atom stereocenters. The fraction of sp³-hybridized carbons (Fsp3) is 0.350. The zero-order valence-corrected chi connectivity index (χ0v) is 16.4. The predicted molar refractivity (Wildman–Crippen MR) is 107 cm³/mol. The maximum atomic E-state index is 4.87. The first-order valence-corrected chi connectivity index (χ1v) is 9.44. The Bertz CT molecular complexity index is 1190. The lowest BCUT2D eigenvalue weighted by atomic mass is 10.2. The molecule has 0 saturated heterocycles. The number of nitrogens with one attached hydrogen (secondary N) is 1. The van der Waals surface area contributed by atoms with Crippen LogP contribution in [0.4, 0.5) is 5.95 Å². The van der Waals surface area contributed by atoms with Crippen LogP contribution in [-0.2, 0) is 7.05 Å². The van der Waals surface area contributed by atoms with Gasteiger partial charge in [0.15, 0.2) is 5.82 Å². The molecule has 0 spiro atoms. The number of para-hydroxylation sites is 2. The summed E-state index contributed by atoms with van der Waals surface area (Å²) in [7, 11) is 3.92. The van der Waals surface area contributed by atoms with E-state index in [1.807, 2.05) is 33.0 Å². The van der Waals surface area contributed by atoms with Crippen molar-refractivity contribution in [3.05, 3.63) is 53.5 Å². The van der Waals surface area contributed by atoms with Gasteiger partial charge in [-0.1, -0.05) is 12.1 Å². The number of anilines is 1. The second-order valence-electron chi connectivity index (χ2n) is 7.31. The molecule has 28 heavy (non-hydrogen) atoms. The molecule has 1 saturated carbocycles. The number of imidazole rings is 1. The summed E-state index contributed by atoms with van der Waals surface area (Å²) in [5.41, 5.74) is 3.22. The van der Waals surface area contributed by atoms with Crippen LogP contribution in [0.25, 0.3) is 16.9 Å². The summed E-state index contributed by atoms with van der Waals surface area (Å²) >= 11 is 0. The summed E-state index contributed by atoms with van der Waals surface area (Å²) in [5, 5.41) is 7.54. The number of hydrogen-bond donors (Lipinski definition) is 1. The molecule has 1 N–H and O–H groups in total. The molecule has 142 valence electrons. The van der Waals surface area contributed by atoms with Crippen molar-refractivity contribution in [2.24, 2.45) is 7.05 Å². The van der Waals surface area contributed by atoms with Gasteiger partial charge < -0.3 is 9.88 Å². The molecule has 1 aliphatic carbocycles. The van der Waals surface area contributed by atoms with E-state index in [0.717, 1.165) is 46.4 Å². The van der Waals surface area contributed by atoms with Crippen LogP contribution in [0.2, 0.25) is 0 Å². The van der Waals surface area contributed by atoms with Crippen molar-refractivity contribution in [3.8, 4) is 5.82 Å². The molecule has 1 fully saturated rings. The minimum absolute atomic E-state index is 0.328. The Balaban J connectivity index is 1.52. The Hall–Kier alpha value is -3.29. The monoisotopic (exact) mass is 374 g/mol. The first-order chi connectivity index (χ1) is 13.5. The van der Waals surface area contributed by atoms with E-state index in [1.165, 1.54) is 0 Å². The Kier molecular flexibility index (Phi) is 3.68. The Morgan fingerprint density at radius 1 is 1.04 bits per heavy atom. The Morgan fingerprint density at radius 3 is 2.57 bits per heavy atom. The molecule has 1 aliphatic rings. The highest BCUT2D eigenvalue weighted by atomic mass is 15.4. The van der Waals surface area contributed by atoms with E-state index in [0.29, 0.717) is 17.8 Å². The number of rotatable bonds is 4. The first kappa shape index (κ1) is 16.9. The second-order valence-corrected chi connectivity index (χ2v) is 7.31. The molecule has 0 aliphatic heterocycles. The minimum Gasteiger partial charge on any atom is -0.357 e. The summed E-state index contributed by atoms with van der Waals surface area (Å²) in [6, 6.07) is 10.3. The fourth-order valence-corrected chi connectivity index (χ4v) is 3.90. The standard InChI is InChI=1S/C20H22N8/c1-11-22-12(2)28(26-11)18-10-16(24-20(21-3)25-18)13-9-14(13)19-23-15-7-5-6-8-17(15)27(19)4/h5-8,10,13-14H,9H2,1-4H3,(H,21,24,25)/t13-,14-/m1/s1. The first-order valence-electron chi connectivity index (χ1n) is 9.44. The average molecular weight is 374 g/mol. The van der Waals surface area contributed by atoms with E-state index < -0.39 is 0 Å². The van der Waals surface area contributed by atoms with Crippen molar-refractivity contribution < 1.29 is 0 Å². The molecule has 5 rings (SSSR count). The lowest BCUT2D eigenvalue weighted by molar-refractivity contribution is 0.779. The fourth-order valence-electron chi connectivity index (χ4n) is 3.90. The SMILES string of the molecule is CNc1nc([C@@H]2C[C@H]2c2nc3ccccc3n2C)cc(-n2nc(C)nc2C)n1. The van der Waals surface area contributed by atoms with E-state index in [-0.39, 0.29) is 0 Å². The zero-order valence-electron chi connectivity index (χ0n) is 16.4. The van der Waals surface area contributed by atoms with E-state index in [1.54, 1.807) is 4.68 Å². The molecule has 2 atom stereocenters. The maximum Gasteiger partial charge on any atom is 0.224 e. The van der Waals surface area contributed by atoms with Crippen LogP contribution >= 0.6 is 0 Å². The second kappa shape index (κ2) is 6.12. The van der Waals surface area contributed by atoms with Gasteiger partial charge >= 0.3 is 0 Å². The number of benzene rings is 1. The number of aryl methyl sites for hydroxylation is 3. The van der Waals surface area contributed by atoms with Crippen LogP contribution in [0.15, 0.2) is 30.3 Å². The Labute approximate surface area is 162 Å². The van der Waals surface area contributed by atoms with Crippen LogP contribution in [0.1, 0.15) is 41.4 Å². The van der Waals surface area contributed by atoms with Crippen LogP contribution in [0.3, 0.4) is 0 Å². The molecule has 3 heterocycles. The highest BCUT2D eigenvalue weighted by molar-refractivity contribution is 5.76. The summed E-state index contributed by atoms with van der Waals surface area (Å²) in [5.74, 6) is 4.68. The van der Waals surface area contributed by atoms with Crippen molar-refractivity contribution >= 4 is 17.0 Å². The normalized spacial score (nSPS) is 18.6. The van der Waals surface area contributed by atoms with Gasteiger partial charge in [0.2, 0.25) is 5.95 Å². The lowest BCUT2D eigenvalue weighted by Gasteiger charge is -2.08. The van der Waals surface area contributed by atoms with E-state index in [4.69, 9.17) is 9.97 Å². The molecule has 4 aromatic rings. The highest BCUT2D eigenvalue weighted by Gasteiger charge is 2.44. The molecule has 0 amide bonds. The quantitative estimate of drug-likeness (QED) is 0.591. The molecular weight excluding hydrogens is 352 g/mol. The van der Waals surface area contributed by atoms with Crippen molar-refractivity contribution in [1.29, 1.82) is 0 Å². The highest BCUT2D eigenvalue weighted by Crippen LogP contribution is 2.54. The summed E-state index contributed by atoms with van der Waals surface area (Å²) in [6.45, 7) is 3.81. The van der Waals surface area contributed by atoms with Gasteiger partial charge in [0, 0.05) is 32.0 Å². The van der Waals surface area contributed by atoms with Gasteiger partial charge in [-0.15, -0.1) is 5.10 Å². The summed E-state index contributed by atoms with van der Waals surface area (Å²) < 4.78 is 3.97. The van der Waals surface area contributed by atoms with Gasteiger partial charge in [0.1, 0.15) is 17.5 Å². The van der Waals surface area contributed by atoms with Gasteiger partial charge in [0.05, 0.1) is 16.7 Å². The topological polar surface area (TPSA) is 86.3 Å². The van der Waals surface area contributed by atoms with E-state index in [2.05, 4.69) is 50.2 Å². The third-order valence-corrected chi connectivity index (χ3v) is 5.37. The molecule has 3 aromatic heterocycles. The molecule has 1 aromatic carbocycles. The van der Waals surface area contributed by atoms with Crippen LogP contribution < -0.4 is 5.32 Å². The molecular formula is C20H22N8. The predicted octanol–water partition coefficient (Wildman–Crippen LogP) is 2.87. The smallest absolute Gasteiger partial charge is 0.224 e. The van der Waals surface area contributed by atoms with Crippen LogP contribution in [-0.4, -0.2) is 41.3 Å². The van der Waals surface area contributed by atoms with Crippen molar-refractivity contribution in [2.45, 2.75) is 32.1 Å². The van der Waals surface area contributed by atoms with E-state index in [9.17, 15) is 0 Å². The molecule has 8 nitrogen and oxygen atoms in total. The van der Waals surface area contributed by atoms with Crippen LogP contribution in [0.5, 0.6) is 0 Å². The molecule has 0 radical (unpaired) electrons. The van der Waals surface area contributed by atoms with Crippen LogP contribution in [0, 0.1) is 13.8 Å². The number of aromatic nitrogens is 7. The number of nitrogens with zero attached hydrogens (tertiary/aromatic N) is 7. The number of fused-ring (bicyclic) bond motifs is 1. The van der Waals surface area contributed by atoms with Crippen molar-refractivity contribution in [1.82, 2.24) is 34.3 Å². The largest absolute Gasteiger partial charge is 0.357 e. The van der Waals surface area contributed by atoms with Gasteiger partial charge in [-0.2, -0.15) is 9.67 Å². The van der Waals surface area contributed by atoms with Crippen molar-refractivity contribution in [2.75, 3.05) is 12.4 Å². The Morgan fingerprint density at radius 2 is 1.86 bits per heavy atom.